The van der Waals surface area contributed by atoms with Crippen LogP contribution < -0.4 is 9.47 Å². The molecule has 54 heavy (non-hydrogen) atoms. The summed E-state index contributed by atoms with van der Waals surface area (Å²) < 4.78 is 12.7. The summed E-state index contributed by atoms with van der Waals surface area (Å²) in [4.78, 5) is 21.4. The number of benzene rings is 5. The molecule has 0 heterocycles. The molecule has 6 rings (SSSR count). The molecule has 0 unspecified atom stereocenters. The molecule has 0 atom stereocenters. The van der Waals surface area contributed by atoms with E-state index in [1.807, 2.05) is 42.5 Å². The first kappa shape index (κ1) is 36.9. The standard InChI is InChI=1S/C42H34N2O10/c1-40(2,47)19-21-42(22-20-41(3,4)48)18-17-31-27(25-42)10-16-37(54-29-12-14-33(44(51)52)35(46)24-29)39(31)38-30-8-6-5-7-26(30)9-15-36(38)53-28-11-13-32(43(49)50)34(45)23-28/h5-18,23-24,45-48H,25H2,1-4H3. The molecule has 1 aliphatic rings. The molecule has 5 aromatic carbocycles. The van der Waals surface area contributed by atoms with Gasteiger partial charge in [-0.25, -0.2) is 0 Å². The first-order valence-corrected chi connectivity index (χ1v) is 16.6. The van der Waals surface area contributed by atoms with Crippen LogP contribution in [0.3, 0.4) is 0 Å². The van der Waals surface area contributed by atoms with Crippen molar-refractivity contribution in [2.45, 2.75) is 45.3 Å². The summed E-state index contributed by atoms with van der Waals surface area (Å²) in [5.74, 6) is 11.6. The van der Waals surface area contributed by atoms with Crippen molar-refractivity contribution in [2.75, 3.05) is 0 Å². The summed E-state index contributed by atoms with van der Waals surface area (Å²) in [7, 11) is 0. The predicted molar refractivity (Wildman–Crippen MR) is 202 cm³/mol. The third kappa shape index (κ3) is 7.96. The van der Waals surface area contributed by atoms with E-state index in [1.165, 1.54) is 12.1 Å². The number of aromatic hydroxyl groups is 2. The van der Waals surface area contributed by atoms with Crippen molar-refractivity contribution in [1.29, 1.82) is 0 Å². The van der Waals surface area contributed by atoms with Gasteiger partial charge in [0.05, 0.1) is 9.85 Å². The van der Waals surface area contributed by atoms with E-state index in [0.717, 1.165) is 40.6 Å². The van der Waals surface area contributed by atoms with E-state index in [2.05, 4.69) is 23.7 Å². The lowest BCUT2D eigenvalue weighted by Gasteiger charge is -2.28. The van der Waals surface area contributed by atoms with Gasteiger partial charge in [-0.05, 0) is 73.9 Å². The van der Waals surface area contributed by atoms with Crippen LogP contribution in [0.5, 0.6) is 34.5 Å². The maximum absolute atomic E-state index is 11.4. The number of fused-ring (bicyclic) bond motifs is 2. The highest BCUT2D eigenvalue weighted by Crippen LogP contribution is 2.50. The number of hydrogen-bond acceptors (Lipinski definition) is 10. The van der Waals surface area contributed by atoms with E-state index in [-0.39, 0.29) is 23.7 Å². The van der Waals surface area contributed by atoms with Crippen molar-refractivity contribution >= 4 is 28.2 Å². The molecule has 0 aliphatic heterocycles. The van der Waals surface area contributed by atoms with Crippen molar-refractivity contribution in [3.8, 4) is 69.3 Å². The van der Waals surface area contributed by atoms with Crippen LogP contribution in [0.4, 0.5) is 11.4 Å². The number of nitrogens with zero attached hydrogens (tertiary/aromatic N) is 2. The number of rotatable bonds is 7. The first-order chi connectivity index (χ1) is 25.4. The number of hydrogen-bond donors (Lipinski definition) is 4. The number of allylic oxidation sites excluding steroid dienone is 1. The Morgan fingerprint density at radius 3 is 1.74 bits per heavy atom. The molecule has 1 aliphatic carbocycles. The fraction of sp³-hybridized carbons (Fsp3) is 0.190. The Morgan fingerprint density at radius 2 is 1.22 bits per heavy atom. The zero-order chi connectivity index (χ0) is 39.0. The Balaban J connectivity index is 1.62. The Labute approximate surface area is 309 Å². The fourth-order valence-electron chi connectivity index (χ4n) is 5.94. The summed E-state index contributed by atoms with van der Waals surface area (Å²) in [6.45, 7) is 6.23. The summed E-state index contributed by atoms with van der Waals surface area (Å²) in [6.07, 6.45) is 3.83. The lowest BCUT2D eigenvalue weighted by molar-refractivity contribution is -0.386. The minimum atomic E-state index is -1.34. The molecule has 0 spiro atoms. The third-order valence-electron chi connectivity index (χ3n) is 8.37. The average molecular weight is 727 g/mol. The maximum atomic E-state index is 11.4. The number of phenols is 2. The van der Waals surface area contributed by atoms with E-state index >= 15 is 0 Å². The summed E-state index contributed by atoms with van der Waals surface area (Å²) in [5.41, 5.74) is -2.31. The van der Waals surface area contributed by atoms with Crippen LogP contribution in [0, 0.1) is 49.3 Å². The molecule has 0 fully saturated rings. The van der Waals surface area contributed by atoms with Crippen molar-refractivity contribution in [3.63, 3.8) is 0 Å². The summed E-state index contributed by atoms with van der Waals surface area (Å²) in [5, 5.41) is 66.2. The van der Waals surface area contributed by atoms with Gasteiger partial charge in [0, 0.05) is 41.8 Å². The second kappa shape index (κ2) is 13.9. The highest BCUT2D eigenvalue weighted by atomic mass is 16.6. The fourth-order valence-corrected chi connectivity index (χ4v) is 5.94. The molecule has 12 nitrogen and oxygen atoms in total. The van der Waals surface area contributed by atoms with Gasteiger partial charge in [-0.3, -0.25) is 20.2 Å². The molecule has 12 heteroatoms. The summed E-state index contributed by atoms with van der Waals surface area (Å²) >= 11 is 0. The molecule has 4 N–H and O–H groups in total. The maximum Gasteiger partial charge on any atom is 0.310 e. The third-order valence-corrected chi connectivity index (χ3v) is 8.37. The second-order valence-corrected chi connectivity index (χ2v) is 13.8. The molecule has 0 saturated heterocycles. The molecule has 0 aromatic heterocycles. The number of ether oxygens (including phenoxy) is 2. The first-order valence-electron chi connectivity index (χ1n) is 16.6. The van der Waals surface area contributed by atoms with Crippen LogP contribution in [-0.2, 0) is 6.42 Å². The largest absolute Gasteiger partial charge is 0.502 e. The van der Waals surface area contributed by atoms with Crippen molar-refractivity contribution < 1.29 is 39.7 Å². The van der Waals surface area contributed by atoms with Gasteiger partial charge >= 0.3 is 11.4 Å². The van der Waals surface area contributed by atoms with Gasteiger partial charge in [-0.15, -0.1) is 0 Å². The molecular weight excluding hydrogens is 692 g/mol. The molecule has 0 amide bonds. The van der Waals surface area contributed by atoms with Crippen LogP contribution in [0.15, 0.2) is 91.0 Å². The highest BCUT2D eigenvalue weighted by molar-refractivity contribution is 6.04. The van der Waals surface area contributed by atoms with Crippen LogP contribution in [0.25, 0.3) is 28.0 Å². The van der Waals surface area contributed by atoms with Crippen molar-refractivity contribution in [2.24, 2.45) is 5.41 Å². The van der Waals surface area contributed by atoms with Crippen LogP contribution in [0.2, 0.25) is 0 Å². The van der Waals surface area contributed by atoms with E-state index in [4.69, 9.17) is 9.47 Å². The topological polar surface area (TPSA) is 186 Å². The van der Waals surface area contributed by atoms with Gasteiger partial charge < -0.3 is 29.9 Å². The normalized spacial score (nSPS) is 13.1. The van der Waals surface area contributed by atoms with E-state index in [0.29, 0.717) is 22.4 Å². The van der Waals surface area contributed by atoms with Crippen molar-refractivity contribution in [3.05, 3.63) is 122 Å². The molecule has 0 saturated carbocycles. The number of nitro benzene ring substituents is 2. The van der Waals surface area contributed by atoms with Crippen LogP contribution >= 0.6 is 0 Å². The second-order valence-electron chi connectivity index (χ2n) is 13.8. The van der Waals surface area contributed by atoms with Gasteiger partial charge in [-0.2, -0.15) is 0 Å². The lowest BCUT2D eigenvalue weighted by Crippen LogP contribution is -2.25. The van der Waals surface area contributed by atoms with Crippen molar-refractivity contribution in [1.82, 2.24) is 0 Å². The van der Waals surface area contributed by atoms with E-state index in [1.54, 1.807) is 45.9 Å². The lowest BCUT2D eigenvalue weighted by atomic mass is 9.74. The number of nitro groups is 2. The van der Waals surface area contributed by atoms with E-state index in [9.17, 15) is 40.7 Å². The molecule has 5 aromatic rings. The number of aliphatic hydroxyl groups is 2. The summed E-state index contributed by atoms with van der Waals surface area (Å²) in [6, 6.07) is 21.9. The minimum absolute atomic E-state index is 0.100. The molecular formula is C42H34N2O10. The van der Waals surface area contributed by atoms with Gasteiger partial charge in [0.15, 0.2) is 11.5 Å². The Hall–Kier alpha value is -6.86. The average Bonchev–Trinajstić information content (AvgIpc) is 3.09. The Morgan fingerprint density at radius 1 is 0.704 bits per heavy atom. The molecule has 0 radical (unpaired) electrons. The van der Waals surface area contributed by atoms with Crippen LogP contribution in [0.1, 0.15) is 38.8 Å². The molecule has 272 valence electrons. The Bertz CT molecular complexity index is 2470. The zero-order valence-corrected chi connectivity index (χ0v) is 29.6. The number of phenolic OH excluding ortho intramolecular Hbond substituents is 2. The van der Waals surface area contributed by atoms with Gasteiger partial charge in [-0.1, -0.05) is 72.2 Å². The quantitative estimate of drug-likeness (QED) is 0.0721. The monoisotopic (exact) mass is 726 g/mol. The van der Waals surface area contributed by atoms with Gasteiger partial charge in [0.2, 0.25) is 0 Å². The zero-order valence-electron chi connectivity index (χ0n) is 29.6. The molecule has 0 bridgehead atoms. The minimum Gasteiger partial charge on any atom is -0.502 e. The van der Waals surface area contributed by atoms with Crippen LogP contribution in [-0.4, -0.2) is 41.5 Å². The SMILES string of the molecule is CC(C)(O)C#CC1(C#CC(C)(C)O)C=Cc2c(ccc(Oc3ccc([N+](=O)[O-])c(O)c3)c2-c2c(Oc3ccc([N+](=O)[O-])c(O)c3)ccc3ccccc23)C1. The Kier molecular flexibility index (Phi) is 9.53. The van der Waals surface area contributed by atoms with E-state index < -0.39 is 49.3 Å². The predicted octanol–water partition coefficient (Wildman–Crippen LogP) is 8.42. The van der Waals surface area contributed by atoms with Gasteiger partial charge in [0.1, 0.15) is 39.6 Å². The van der Waals surface area contributed by atoms with Gasteiger partial charge in [0.25, 0.3) is 0 Å². The smallest absolute Gasteiger partial charge is 0.310 e. The highest BCUT2D eigenvalue weighted by Gasteiger charge is 2.32.